The maximum absolute atomic E-state index is 10.6. The van der Waals surface area contributed by atoms with Gasteiger partial charge in [0.25, 0.3) is 0 Å². The van der Waals surface area contributed by atoms with Crippen molar-refractivity contribution in [2.45, 2.75) is 45.7 Å². The van der Waals surface area contributed by atoms with Crippen molar-refractivity contribution in [2.24, 2.45) is 0 Å². The highest BCUT2D eigenvalue weighted by molar-refractivity contribution is 5.71. The van der Waals surface area contributed by atoms with Crippen LogP contribution in [0.1, 0.15) is 33.6 Å². The van der Waals surface area contributed by atoms with Crippen LogP contribution in [-0.4, -0.2) is 45.7 Å². The van der Waals surface area contributed by atoms with Crippen LogP contribution in [-0.2, 0) is 9.59 Å². The Hall–Kier alpha value is -1.10. The highest BCUT2D eigenvalue weighted by atomic mass is 16.4. The van der Waals surface area contributed by atoms with E-state index in [4.69, 9.17) is 10.2 Å². The molecule has 5 nitrogen and oxygen atoms in total. The van der Waals surface area contributed by atoms with Crippen LogP contribution >= 0.6 is 0 Å². The molecule has 0 radical (unpaired) electrons. The van der Waals surface area contributed by atoms with Crippen LogP contribution < -0.4 is 0 Å². The van der Waals surface area contributed by atoms with Crippen LogP contribution in [0.5, 0.6) is 0 Å². The normalized spacial score (nSPS) is 11.3. The molecule has 15 heavy (non-hydrogen) atoms. The Morgan fingerprint density at radius 3 is 1.73 bits per heavy atom. The van der Waals surface area contributed by atoms with Crippen LogP contribution in [0, 0.1) is 0 Å². The molecule has 0 aliphatic carbocycles. The zero-order valence-corrected chi connectivity index (χ0v) is 9.43. The first kappa shape index (κ1) is 13.9. The van der Waals surface area contributed by atoms with Gasteiger partial charge in [0.05, 0.1) is 12.8 Å². The predicted octanol–water partition coefficient (Wildman–Crippen LogP) is 1.03. The maximum atomic E-state index is 10.6. The lowest BCUT2D eigenvalue weighted by Gasteiger charge is -2.32. The van der Waals surface area contributed by atoms with Gasteiger partial charge in [-0.15, -0.1) is 0 Å². The molecule has 0 heterocycles. The molecular formula is C10H19NO4. The summed E-state index contributed by atoms with van der Waals surface area (Å²) in [5, 5.41) is 17.4. The van der Waals surface area contributed by atoms with Crippen molar-refractivity contribution < 1.29 is 19.8 Å². The Kier molecular flexibility index (Phi) is 5.93. The molecule has 0 aliphatic rings. The van der Waals surface area contributed by atoms with Crippen LogP contribution in [0.15, 0.2) is 0 Å². The van der Waals surface area contributed by atoms with Gasteiger partial charge in [-0.05, 0) is 20.4 Å². The first-order chi connectivity index (χ1) is 6.88. The van der Waals surface area contributed by atoms with Gasteiger partial charge in [-0.2, -0.15) is 0 Å². The number of rotatable bonds is 7. The molecule has 0 unspecified atom stereocenters. The molecule has 0 fully saturated rings. The topological polar surface area (TPSA) is 77.8 Å². The van der Waals surface area contributed by atoms with Gasteiger partial charge in [0.1, 0.15) is 0 Å². The monoisotopic (exact) mass is 217 g/mol. The second-order valence-electron chi connectivity index (χ2n) is 3.77. The summed E-state index contributed by atoms with van der Waals surface area (Å²) in [5.41, 5.74) is 0. The van der Waals surface area contributed by atoms with Crippen molar-refractivity contribution in [3.05, 3.63) is 0 Å². The van der Waals surface area contributed by atoms with E-state index in [0.29, 0.717) is 6.54 Å². The Morgan fingerprint density at radius 1 is 1.13 bits per heavy atom. The molecule has 0 aromatic carbocycles. The zero-order valence-electron chi connectivity index (χ0n) is 9.43. The Labute approximate surface area is 89.7 Å². The summed E-state index contributed by atoms with van der Waals surface area (Å²) in [6.45, 7) is 6.42. The van der Waals surface area contributed by atoms with Crippen LogP contribution in [0.3, 0.4) is 0 Å². The molecule has 0 aliphatic heterocycles. The lowest BCUT2D eigenvalue weighted by Crippen LogP contribution is -2.42. The highest BCUT2D eigenvalue weighted by Crippen LogP contribution is 2.12. The largest absolute Gasteiger partial charge is 0.481 e. The molecule has 88 valence electrons. The fraction of sp³-hybridized carbons (Fsp3) is 0.800. The van der Waals surface area contributed by atoms with Crippen molar-refractivity contribution in [3.8, 4) is 0 Å². The Balaban J connectivity index is 4.56. The van der Waals surface area contributed by atoms with E-state index in [9.17, 15) is 9.59 Å². The molecule has 0 bridgehead atoms. The number of hydrogen-bond acceptors (Lipinski definition) is 3. The van der Waals surface area contributed by atoms with Gasteiger partial charge < -0.3 is 10.2 Å². The molecule has 0 aromatic heterocycles. The second-order valence-corrected chi connectivity index (χ2v) is 3.77. The fourth-order valence-electron chi connectivity index (χ4n) is 1.75. The van der Waals surface area contributed by atoms with Crippen molar-refractivity contribution >= 4 is 11.9 Å². The highest BCUT2D eigenvalue weighted by Gasteiger charge is 2.24. The summed E-state index contributed by atoms with van der Waals surface area (Å²) in [7, 11) is 0. The van der Waals surface area contributed by atoms with E-state index < -0.39 is 18.0 Å². The van der Waals surface area contributed by atoms with E-state index in [-0.39, 0.29) is 18.9 Å². The molecule has 5 heteroatoms. The molecule has 0 aromatic rings. The third-order valence-corrected chi connectivity index (χ3v) is 2.32. The third kappa shape index (κ3) is 5.37. The molecule has 0 spiro atoms. The quantitative estimate of drug-likeness (QED) is 0.666. The van der Waals surface area contributed by atoms with Crippen molar-refractivity contribution in [3.63, 3.8) is 0 Å². The fourth-order valence-corrected chi connectivity index (χ4v) is 1.75. The third-order valence-electron chi connectivity index (χ3n) is 2.32. The standard InChI is InChI=1S/C10H19NO4/c1-4-11(7(2)3)8(5-9(12)13)6-10(14)15/h7-8H,4-6H2,1-3H3,(H,12,13)(H,14,15). The van der Waals surface area contributed by atoms with Crippen LogP contribution in [0.4, 0.5) is 0 Å². The average molecular weight is 217 g/mol. The van der Waals surface area contributed by atoms with Gasteiger partial charge in [0.2, 0.25) is 0 Å². The maximum Gasteiger partial charge on any atom is 0.304 e. The van der Waals surface area contributed by atoms with E-state index >= 15 is 0 Å². The van der Waals surface area contributed by atoms with E-state index in [0.717, 1.165) is 0 Å². The molecule has 0 atom stereocenters. The smallest absolute Gasteiger partial charge is 0.304 e. The minimum Gasteiger partial charge on any atom is -0.481 e. The average Bonchev–Trinajstić information content (AvgIpc) is 2.01. The Bertz CT molecular complexity index is 211. The molecule has 0 rings (SSSR count). The zero-order chi connectivity index (χ0) is 12.0. The van der Waals surface area contributed by atoms with Gasteiger partial charge in [-0.1, -0.05) is 6.92 Å². The van der Waals surface area contributed by atoms with E-state index in [2.05, 4.69) is 0 Å². The van der Waals surface area contributed by atoms with Gasteiger partial charge in [-0.25, -0.2) is 0 Å². The molecule has 2 N–H and O–H groups in total. The summed E-state index contributed by atoms with van der Waals surface area (Å²) >= 11 is 0. The molecule has 0 amide bonds. The van der Waals surface area contributed by atoms with Crippen molar-refractivity contribution in [1.82, 2.24) is 4.90 Å². The van der Waals surface area contributed by atoms with Gasteiger partial charge >= 0.3 is 11.9 Å². The number of aliphatic carboxylic acids is 2. The summed E-state index contributed by atoms with van der Waals surface area (Å²) in [6, 6.07) is -0.274. The molecule has 0 saturated heterocycles. The SMILES string of the molecule is CCN(C(C)C)C(CC(=O)O)CC(=O)O. The second kappa shape index (κ2) is 6.40. The van der Waals surface area contributed by atoms with Crippen molar-refractivity contribution in [1.29, 1.82) is 0 Å². The summed E-state index contributed by atoms with van der Waals surface area (Å²) < 4.78 is 0. The van der Waals surface area contributed by atoms with Gasteiger partial charge in [0.15, 0.2) is 0 Å². The number of carboxylic acids is 2. The van der Waals surface area contributed by atoms with Crippen LogP contribution in [0.2, 0.25) is 0 Å². The van der Waals surface area contributed by atoms with E-state index in [1.54, 1.807) is 0 Å². The van der Waals surface area contributed by atoms with Gasteiger partial charge in [0, 0.05) is 12.1 Å². The number of hydrogen-bond donors (Lipinski definition) is 2. The van der Waals surface area contributed by atoms with E-state index in [1.807, 2.05) is 25.7 Å². The number of nitrogens with zero attached hydrogens (tertiary/aromatic N) is 1. The summed E-state index contributed by atoms with van der Waals surface area (Å²) in [5.74, 6) is -1.92. The lowest BCUT2D eigenvalue weighted by molar-refractivity contribution is -0.141. The minimum absolute atomic E-state index is 0.127. The predicted molar refractivity (Wildman–Crippen MR) is 55.8 cm³/mol. The molecular weight excluding hydrogens is 198 g/mol. The first-order valence-electron chi connectivity index (χ1n) is 5.07. The number of carboxylic acid groups (broad SMARTS) is 2. The summed E-state index contributed by atoms with van der Waals surface area (Å²) in [6.07, 6.45) is -0.253. The summed E-state index contributed by atoms with van der Waals surface area (Å²) in [4.78, 5) is 23.1. The minimum atomic E-state index is -0.958. The van der Waals surface area contributed by atoms with E-state index in [1.165, 1.54) is 0 Å². The van der Waals surface area contributed by atoms with Gasteiger partial charge in [-0.3, -0.25) is 14.5 Å². The Morgan fingerprint density at radius 2 is 1.53 bits per heavy atom. The molecule has 0 saturated carbocycles. The van der Waals surface area contributed by atoms with Crippen molar-refractivity contribution in [2.75, 3.05) is 6.54 Å². The lowest BCUT2D eigenvalue weighted by atomic mass is 10.1. The number of carbonyl (C=O) groups is 2. The first-order valence-corrected chi connectivity index (χ1v) is 5.07. The van der Waals surface area contributed by atoms with Crippen LogP contribution in [0.25, 0.3) is 0 Å².